The Morgan fingerprint density at radius 3 is 2.38 bits per heavy atom. The van der Waals surface area contributed by atoms with Crippen molar-refractivity contribution in [2.45, 2.75) is 51.2 Å². The van der Waals surface area contributed by atoms with Crippen molar-refractivity contribution in [2.24, 2.45) is 5.92 Å². The Labute approximate surface area is 116 Å². The van der Waals surface area contributed by atoms with Crippen LogP contribution in [0, 0.1) is 5.92 Å². The lowest BCUT2D eigenvalue weighted by Gasteiger charge is -2.18. The zero-order chi connectivity index (χ0) is 16.2. The number of fused-ring (bicyclic) bond motifs is 1. The molecule has 0 saturated carbocycles. The molecule has 1 aliphatic carbocycles. The van der Waals surface area contributed by atoms with Crippen LogP contribution in [0.25, 0.3) is 0 Å². The first-order valence-electron chi connectivity index (χ1n) is 6.35. The number of aromatic nitrogens is 2. The number of halogens is 6. The predicted molar refractivity (Wildman–Crippen MR) is 60.4 cm³/mol. The summed E-state index contributed by atoms with van der Waals surface area (Å²) in [5, 5.41) is 12.6. The summed E-state index contributed by atoms with van der Waals surface area (Å²) in [6.45, 7) is 3.44. The third-order valence-corrected chi connectivity index (χ3v) is 3.43. The second-order valence-corrected chi connectivity index (χ2v) is 5.49. The number of alkyl halides is 6. The van der Waals surface area contributed by atoms with E-state index in [4.69, 9.17) is 0 Å². The monoisotopic (exact) mass is 316 g/mol. The zero-order valence-corrected chi connectivity index (χ0v) is 11.3. The molecule has 120 valence electrons. The van der Waals surface area contributed by atoms with Gasteiger partial charge < -0.3 is 5.11 Å². The lowest BCUT2D eigenvalue weighted by Crippen LogP contribution is -2.27. The minimum absolute atomic E-state index is 0.0732. The van der Waals surface area contributed by atoms with Crippen LogP contribution >= 0.6 is 0 Å². The second-order valence-electron chi connectivity index (χ2n) is 5.49. The largest absolute Gasteiger partial charge is 0.435 e. The third-order valence-electron chi connectivity index (χ3n) is 3.43. The molecule has 1 aliphatic rings. The molecule has 1 heterocycles. The van der Waals surface area contributed by atoms with Crippen LogP contribution in [0.4, 0.5) is 26.3 Å². The molecule has 0 fully saturated rings. The van der Waals surface area contributed by atoms with Gasteiger partial charge in [-0.2, -0.15) is 27.1 Å². The maximum atomic E-state index is 13.8. The highest BCUT2D eigenvalue weighted by Crippen LogP contribution is 2.55. The molecule has 2 rings (SSSR count). The van der Waals surface area contributed by atoms with Gasteiger partial charge in [-0.3, -0.25) is 4.68 Å². The summed E-state index contributed by atoms with van der Waals surface area (Å²) in [4.78, 5) is 0. The minimum Gasteiger partial charge on any atom is -0.382 e. The molecule has 2 atom stereocenters. The fraction of sp³-hybridized carbons (Fsp3) is 0.750. The summed E-state index contributed by atoms with van der Waals surface area (Å²) in [6, 6.07) is 0. The molecular formula is C12H14F6N2O. The SMILES string of the molecule is CC(C)CCn1nc(C(F)(F)F)c2c1[C@H](F)C(F)(F)[C@H]2O. The summed E-state index contributed by atoms with van der Waals surface area (Å²) in [6.07, 6.45) is -10.5. The maximum Gasteiger partial charge on any atom is 0.435 e. The van der Waals surface area contributed by atoms with Gasteiger partial charge in [0.2, 0.25) is 6.17 Å². The van der Waals surface area contributed by atoms with E-state index < -0.39 is 41.3 Å². The number of nitrogens with zero attached hydrogens (tertiary/aromatic N) is 2. The lowest BCUT2D eigenvalue weighted by atomic mass is 10.1. The molecule has 0 radical (unpaired) electrons. The van der Waals surface area contributed by atoms with Crippen LogP contribution in [0.5, 0.6) is 0 Å². The molecule has 0 aliphatic heterocycles. The van der Waals surface area contributed by atoms with E-state index >= 15 is 0 Å². The Morgan fingerprint density at radius 2 is 1.90 bits per heavy atom. The van der Waals surface area contributed by atoms with Crippen molar-refractivity contribution in [3.63, 3.8) is 0 Å². The first kappa shape index (κ1) is 16.1. The Kier molecular flexibility index (Phi) is 3.76. The second kappa shape index (κ2) is 4.89. The molecule has 0 bridgehead atoms. The quantitative estimate of drug-likeness (QED) is 0.865. The molecule has 9 heteroatoms. The van der Waals surface area contributed by atoms with Crippen LogP contribution in [0.15, 0.2) is 0 Å². The topological polar surface area (TPSA) is 38.0 Å². The standard InChI is InChI=1S/C12H14F6N2O/c1-5(2)3-4-20-7-6(9(19-20)12(16,17)18)10(21)11(14,15)8(7)13/h5,8,10,21H,3-4H2,1-2H3/t8-,10-/m0/s1. The fourth-order valence-corrected chi connectivity index (χ4v) is 2.30. The highest BCUT2D eigenvalue weighted by atomic mass is 19.4. The number of hydrogen-bond acceptors (Lipinski definition) is 2. The van der Waals surface area contributed by atoms with Crippen LogP contribution in [0.2, 0.25) is 0 Å². The molecule has 21 heavy (non-hydrogen) atoms. The van der Waals surface area contributed by atoms with E-state index in [9.17, 15) is 31.4 Å². The van der Waals surface area contributed by atoms with Gasteiger partial charge in [0.25, 0.3) is 0 Å². The van der Waals surface area contributed by atoms with Crippen LogP contribution in [-0.2, 0) is 12.7 Å². The Morgan fingerprint density at radius 1 is 1.33 bits per heavy atom. The van der Waals surface area contributed by atoms with Gasteiger partial charge in [-0.1, -0.05) is 13.8 Å². The normalized spacial score (nSPS) is 24.7. The van der Waals surface area contributed by atoms with Crippen molar-refractivity contribution in [3.05, 3.63) is 17.0 Å². The third kappa shape index (κ3) is 2.51. The van der Waals surface area contributed by atoms with Gasteiger partial charge in [0.1, 0.15) is 6.10 Å². The molecule has 1 N–H and O–H groups in total. The van der Waals surface area contributed by atoms with Gasteiger partial charge in [-0.05, 0) is 12.3 Å². The molecule has 0 spiro atoms. The van der Waals surface area contributed by atoms with Gasteiger partial charge in [0.15, 0.2) is 5.69 Å². The Bertz CT molecular complexity index is 537. The first-order chi connectivity index (χ1) is 9.48. The fourth-order valence-electron chi connectivity index (χ4n) is 2.30. The van der Waals surface area contributed by atoms with Crippen molar-refractivity contribution in [1.29, 1.82) is 0 Å². The van der Waals surface area contributed by atoms with Crippen molar-refractivity contribution >= 4 is 0 Å². The minimum atomic E-state index is -5.03. The summed E-state index contributed by atoms with van der Waals surface area (Å²) in [7, 11) is 0. The first-order valence-corrected chi connectivity index (χ1v) is 6.35. The molecule has 0 saturated heterocycles. The van der Waals surface area contributed by atoms with E-state index in [1.165, 1.54) is 0 Å². The average Bonchev–Trinajstić information content (AvgIpc) is 2.79. The molecule has 0 unspecified atom stereocenters. The lowest BCUT2D eigenvalue weighted by molar-refractivity contribution is -0.156. The van der Waals surface area contributed by atoms with Gasteiger partial charge in [-0.15, -0.1) is 0 Å². The van der Waals surface area contributed by atoms with Gasteiger partial charge in [0.05, 0.1) is 5.69 Å². The van der Waals surface area contributed by atoms with E-state index in [1.807, 2.05) is 0 Å². The number of aliphatic hydroxyl groups is 1. The summed E-state index contributed by atoms with van der Waals surface area (Å²) >= 11 is 0. The molecule has 1 aromatic rings. The van der Waals surface area contributed by atoms with Crippen molar-refractivity contribution < 1.29 is 31.4 Å². The highest BCUT2D eigenvalue weighted by Gasteiger charge is 2.61. The van der Waals surface area contributed by atoms with Crippen molar-refractivity contribution in [3.8, 4) is 0 Å². The highest BCUT2D eigenvalue weighted by molar-refractivity contribution is 5.40. The molecule has 0 amide bonds. The number of aliphatic hydroxyl groups excluding tert-OH is 1. The number of rotatable bonds is 3. The van der Waals surface area contributed by atoms with Crippen LogP contribution < -0.4 is 0 Å². The Balaban J connectivity index is 2.55. The van der Waals surface area contributed by atoms with E-state index in [2.05, 4.69) is 5.10 Å². The molecule has 0 aromatic carbocycles. The van der Waals surface area contributed by atoms with Crippen molar-refractivity contribution in [1.82, 2.24) is 9.78 Å². The average molecular weight is 316 g/mol. The van der Waals surface area contributed by atoms with Gasteiger partial charge in [-0.25, -0.2) is 4.39 Å². The van der Waals surface area contributed by atoms with Gasteiger partial charge >= 0.3 is 12.1 Å². The van der Waals surface area contributed by atoms with E-state index in [0.29, 0.717) is 11.1 Å². The zero-order valence-electron chi connectivity index (χ0n) is 11.3. The molecular weight excluding hydrogens is 302 g/mol. The summed E-state index contributed by atoms with van der Waals surface area (Å²) < 4.78 is 79.9. The van der Waals surface area contributed by atoms with Crippen LogP contribution in [0.3, 0.4) is 0 Å². The predicted octanol–water partition coefficient (Wildman–Crippen LogP) is 3.64. The van der Waals surface area contributed by atoms with E-state index in [-0.39, 0.29) is 12.5 Å². The number of hydrogen-bond donors (Lipinski definition) is 1. The maximum absolute atomic E-state index is 13.8. The molecule has 1 aromatic heterocycles. The van der Waals surface area contributed by atoms with E-state index in [0.717, 1.165) is 0 Å². The van der Waals surface area contributed by atoms with E-state index in [1.54, 1.807) is 13.8 Å². The summed E-state index contributed by atoms with van der Waals surface area (Å²) in [5.74, 6) is -4.21. The van der Waals surface area contributed by atoms with Crippen LogP contribution in [-0.4, -0.2) is 20.8 Å². The number of aryl methyl sites for hydroxylation is 1. The Hall–Kier alpha value is -1.25. The molecule has 3 nitrogen and oxygen atoms in total. The smallest absolute Gasteiger partial charge is 0.382 e. The van der Waals surface area contributed by atoms with Crippen molar-refractivity contribution in [2.75, 3.05) is 0 Å². The summed E-state index contributed by atoms with van der Waals surface area (Å²) in [5.41, 5.74) is -3.67. The van der Waals surface area contributed by atoms with Gasteiger partial charge in [0, 0.05) is 12.1 Å². The van der Waals surface area contributed by atoms with Crippen LogP contribution in [0.1, 0.15) is 49.5 Å².